The summed E-state index contributed by atoms with van der Waals surface area (Å²) in [6.45, 7) is 7.15. The molecule has 20 heavy (non-hydrogen) atoms. The lowest BCUT2D eigenvalue weighted by Crippen LogP contribution is -2.32. The van der Waals surface area contributed by atoms with E-state index < -0.39 is 5.67 Å². The van der Waals surface area contributed by atoms with Gasteiger partial charge >= 0.3 is 0 Å². The molecule has 0 saturated carbocycles. The van der Waals surface area contributed by atoms with Crippen molar-refractivity contribution in [1.82, 2.24) is 0 Å². The lowest BCUT2D eigenvalue weighted by Gasteiger charge is -2.25. The molecule has 1 aromatic carbocycles. The maximum Gasteiger partial charge on any atom is 0.138 e. The zero-order chi connectivity index (χ0) is 15.2. The van der Waals surface area contributed by atoms with Crippen molar-refractivity contribution in [2.24, 2.45) is 5.73 Å². The first-order valence-electron chi connectivity index (χ1n) is 7.28. The number of hydrogen-bond acceptors (Lipinski definition) is 2. The fraction of sp³-hybridized carbons (Fsp3) is 0.647. The monoisotopic (exact) mass is 281 g/mol. The summed E-state index contributed by atoms with van der Waals surface area (Å²) in [5.41, 5.74) is 6.56. The van der Waals surface area contributed by atoms with E-state index in [2.05, 4.69) is 32.9 Å². The molecule has 0 saturated heterocycles. The van der Waals surface area contributed by atoms with Crippen LogP contribution in [-0.2, 0) is 16.6 Å². The summed E-state index contributed by atoms with van der Waals surface area (Å²) < 4.78 is 19.9. The first-order chi connectivity index (χ1) is 9.30. The van der Waals surface area contributed by atoms with Crippen molar-refractivity contribution >= 4 is 0 Å². The number of hydrogen-bond donors (Lipinski definition) is 1. The molecule has 1 unspecified atom stereocenters. The third-order valence-electron chi connectivity index (χ3n) is 3.57. The molecule has 0 aliphatic carbocycles. The summed E-state index contributed by atoms with van der Waals surface area (Å²) in [5.74, 6) is 0. The van der Waals surface area contributed by atoms with E-state index in [4.69, 9.17) is 10.5 Å². The predicted molar refractivity (Wildman–Crippen MR) is 82.8 cm³/mol. The van der Waals surface area contributed by atoms with Crippen LogP contribution in [0.1, 0.15) is 44.7 Å². The highest BCUT2D eigenvalue weighted by molar-refractivity contribution is 5.28. The third kappa shape index (κ3) is 5.22. The molecule has 114 valence electrons. The van der Waals surface area contributed by atoms with Gasteiger partial charge in [0.15, 0.2) is 0 Å². The van der Waals surface area contributed by atoms with Crippen LogP contribution in [0.2, 0.25) is 0 Å². The third-order valence-corrected chi connectivity index (χ3v) is 3.57. The van der Waals surface area contributed by atoms with Crippen LogP contribution in [0.4, 0.5) is 4.39 Å². The number of halogens is 1. The second kappa shape index (κ2) is 7.19. The van der Waals surface area contributed by atoms with Crippen molar-refractivity contribution < 1.29 is 9.13 Å². The van der Waals surface area contributed by atoms with Gasteiger partial charge in [0.05, 0.1) is 6.61 Å². The Morgan fingerprint density at radius 3 is 2.20 bits per heavy atom. The zero-order valence-corrected chi connectivity index (χ0v) is 13.2. The number of alkyl halides is 1. The van der Waals surface area contributed by atoms with Gasteiger partial charge < -0.3 is 10.5 Å². The minimum Gasteiger partial charge on any atom is -0.381 e. The summed E-state index contributed by atoms with van der Waals surface area (Å²) in [4.78, 5) is 0. The smallest absolute Gasteiger partial charge is 0.138 e. The summed E-state index contributed by atoms with van der Waals surface area (Å²) in [5, 5.41) is 0. The first-order valence-corrected chi connectivity index (χ1v) is 7.28. The molecule has 0 bridgehead atoms. The summed E-state index contributed by atoms with van der Waals surface area (Å²) in [6, 6.07) is 8.22. The van der Waals surface area contributed by atoms with Crippen molar-refractivity contribution in [3.05, 3.63) is 35.4 Å². The second-order valence-electron chi connectivity index (χ2n) is 6.60. The van der Waals surface area contributed by atoms with E-state index in [9.17, 15) is 4.39 Å². The van der Waals surface area contributed by atoms with Gasteiger partial charge in [-0.05, 0) is 35.9 Å². The molecule has 1 rings (SSSR count). The summed E-state index contributed by atoms with van der Waals surface area (Å²) in [7, 11) is 1.54. The second-order valence-corrected chi connectivity index (χ2v) is 6.60. The Morgan fingerprint density at radius 2 is 1.75 bits per heavy atom. The van der Waals surface area contributed by atoms with Gasteiger partial charge in [0.2, 0.25) is 0 Å². The van der Waals surface area contributed by atoms with Gasteiger partial charge in [-0.15, -0.1) is 0 Å². The molecule has 0 aliphatic rings. The van der Waals surface area contributed by atoms with Crippen LogP contribution in [-0.4, -0.2) is 25.9 Å². The molecule has 0 radical (unpaired) electrons. The molecule has 1 aromatic rings. The average molecular weight is 281 g/mol. The minimum absolute atomic E-state index is 0.119. The molecule has 0 spiro atoms. The maximum atomic E-state index is 14.8. The molecule has 0 aromatic heterocycles. The van der Waals surface area contributed by atoms with Gasteiger partial charge in [-0.25, -0.2) is 4.39 Å². The lowest BCUT2D eigenvalue weighted by atomic mass is 9.85. The van der Waals surface area contributed by atoms with Gasteiger partial charge in [0, 0.05) is 13.5 Å². The van der Waals surface area contributed by atoms with Crippen LogP contribution in [0, 0.1) is 0 Å². The SMILES string of the molecule is COCC(F)(CCCN)Cc1ccc(C(C)(C)C)cc1. The molecule has 0 amide bonds. The fourth-order valence-electron chi connectivity index (χ4n) is 2.38. The van der Waals surface area contributed by atoms with E-state index in [0.717, 1.165) is 5.56 Å². The van der Waals surface area contributed by atoms with E-state index >= 15 is 0 Å². The number of ether oxygens (including phenoxy) is 1. The highest BCUT2D eigenvalue weighted by Crippen LogP contribution is 2.27. The average Bonchev–Trinajstić information content (AvgIpc) is 2.36. The van der Waals surface area contributed by atoms with Crippen molar-refractivity contribution in [1.29, 1.82) is 0 Å². The van der Waals surface area contributed by atoms with Crippen molar-refractivity contribution in [2.75, 3.05) is 20.3 Å². The number of rotatable bonds is 7. The van der Waals surface area contributed by atoms with Crippen molar-refractivity contribution in [3.63, 3.8) is 0 Å². The zero-order valence-electron chi connectivity index (χ0n) is 13.2. The predicted octanol–water partition coefficient (Wildman–Crippen LogP) is 3.62. The molecule has 2 N–H and O–H groups in total. The molecule has 1 atom stereocenters. The van der Waals surface area contributed by atoms with Gasteiger partial charge in [-0.2, -0.15) is 0 Å². The lowest BCUT2D eigenvalue weighted by molar-refractivity contribution is 0.0334. The number of benzene rings is 1. The molecule has 0 fully saturated rings. The van der Waals surface area contributed by atoms with E-state index in [1.165, 1.54) is 5.56 Å². The molecule has 0 aliphatic heterocycles. The Bertz CT molecular complexity index is 396. The Labute approximate surface area is 122 Å². The summed E-state index contributed by atoms with van der Waals surface area (Å²) >= 11 is 0. The Hall–Kier alpha value is -0.930. The quantitative estimate of drug-likeness (QED) is 0.828. The van der Waals surface area contributed by atoms with Gasteiger partial charge in [-0.1, -0.05) is 45.0 Å². The maximum absolute atomic E-state index is 14.8. The fourth-order valence-corrected chi connectivity index (χ4v) is 2.38. The van der Waals surface area contributed by atoms with Crippen LogP contribution < -0.4 is 5.73 Å². The van der Waals surface area contributed by atoms with Gasteiger partial charge in [0.1, 0.15) is 5.67 Å². The highest BCUT2D eigenvalue weighted by Gasteiger charge is 2.29. The van der Waals surface area contributed by atoms with Crippen LogP contribution >= 0.6 is 0 Å². The van der Waals surface area contributed by atoms with Crippen LogP contribution in [0.25, 0.3) is 0 Å². The van der Waals surface area contributed by atoms with Crippen molar-refractivity contribution in [3.8, 4) is 0 Å². The number of nitrogens with two attached hydrogens (primary N) is 1. The summed E-state index contributed by atoms with van der Waals surface area (Å²) in [6.07, 6.45) is 1.50. The van der Waals surface area contributed by atoms with Crippen LogP contribution in [0.15, 0.2) is 24.3 Å². The molecule has 0 heterocycles. The van der Waals surface area contributed by atoms with Gasteiger partial charge in [0.25, 0.3) is 0 Å². The van der Waals surface area contributed by atoms with Crippen LogP contribution in [0.3, 0.4) is 0 Å². The normalized spacial score (nSPS) is 15.1. The standard InChI is InChI=1S/C17H28FNO/c1-16(2,3)15-8-6-14(7-9-15)12-17(18,13-20-4)10-5-11-19/h6-9H,5,10-13,19H2,1-4H3. The molecule has 3 heteroatoms. The highest BCUT2D eigenvalue weighted by atomic mass is 19.1. The van der Waals surface area contributed by atoms with Crippen LogP contribution in [0.5, 0.6) is 0 Å². The topological polar surface area (TPSA) is 35.2 Å². The number of methoxy groups -OCH3 is 1. The molecule has 2 nitrogen and oxygen atoms in total. The van der Waals surface area contributed by atoms with E-state index in [1.54, 1.807) is 7.11 Å². The van der Waals surface area contributed by atoms with E-state index in [-0.39, 0.29) is 12.0 Å². The van der Waals surface area contributed by atoms with E-state index in [0.29, 0.717) is 25.8 Å². The van der Waals surface area contributed by atoms with Gasteiger partial charge in [-0.3, -0.25) is 0 Å². The first kappa shape index (κ1) is 17.1. The minimum atomic E-state index is -1.32. The largest absolute Gasteiger partial charge is 0.381 e. The Balaban J connectivity index is 2.78. The van der Waals surface area contributed by atoms with Crippen molar-refractivity contribution in [2.45, 2.75) is 51.1 Å². The molecular formula is C17H28FNO. The Morgan fingerprint density at radius 1 is 1.15 bits per heavy atom. The van der Waals surface area contributed by atoms with E-state index in [1.807, 2.05) is 12.1 Å². The Kier molecular flexibility index (Phi) is 6.15. The molecular weight excluding hydrogens is 253 g/mol.